The molecule has 0 aromatic heterocycles. The number of nitrogens with one attached hydrogen (secondary N) is 3. The van der Waals surface area contributed by atoms with Crippen LogP contribution < -0.4 is 16.0 Å². The maximum atomic E-state index is 11.6. The van der Waals surface area contributed by atoms with Crippen LogP contribution in [-0.4, -0.2) is 38.0 Å². The lowest BCUT2D eigenvalue weighted by Crippen LogP contribution is -2.44. The van der Waals surface area contributed by atoms with Gasteiger partial charge in [-0.25, -0.2) is 0 Å². The molecule has 1 aliphatic rings. The summed E-state index contributed by atoms with van der Waals surface area (Å²) in [5.41, 5.74) is 0. The molecule has 92 valence electrons. The van der Waals surface area contributed by atoms with E-state index in [0.29, 0.717) is 12.3 Å². The van der Waals surface area contributed by atoms with Crippen molar-refractivity contribution in [2.75, 3.05) is 20.1 Å². The van der Waals surface area contributed by atoms with Crippen LogP contribution in [0.2, 0.25) is 0 Å². The molecule has 0 aromatic carbocycles. The number of hydrogen-bond donors (Lipinski definition) is 3. The van der Waals surface area contributed by atoms with Gasteiger partial charge in [0.1, 0.15) is 6.04 Å². The first-order chi connectivity index (χ1) is 7.63. The Morgan fingerprint density at radius 2 is 2.25 bits per heavy atom. The number of amides is 2. The minimum Gasteiger partial charge on any atom is -0.357 e. The van der Waals surface area contributed by atoms with E-state index < -0.39 is 6.04 Å². The summed E-state index contributed by atoms with van der Waals surface area (Å²) in [7, 11) is 1.57. The van der Waals surface area contributed by atoms with Gasteiger partial charge in [-0.1, -0.05) is 0 Å². The highest BCUT2D eigenvalue weighted by atomic mass is 16.2. The first-order valence-corrected chi connectivity index (χ1v) is 5.85. The predicted octanol–water partition coefficient (Wildman–Crippen LogP) is -0.373. The van der Waals surface area contributed by atoms with Gasteiger partial charge in [0.15, 0.2) is 0 Å². The molecule has 2 amide bonds. The second kappa shape index (κ2) is 6.48. The smallest absolute Gasteiger partial charge is 0.242 e. The van der Waals surface area contributed by atoms with E-state index in [-0.39, 0.29) is 11.8 Å². The zero-order chi connectivity index (χ0) is 12.0. The van der Waals surface area contributed by atoms with Gasteiger partial charge in [-0.3, -0.25) is 9.59 Å². The normalized spacial score (nSPS) is 22.2. The molecule has 2 unspecified atom stereocenters. The Morgan fingerprint density at radius 1 is 1.50 bits per heavy atom. The lowest BCUT2D eigenvalue weighted by Gasteiger charge is -2.22. The monoisotopic (exact) mass is 227 g/mol. The first kappa shape index (κ1) is 13.0. The summed E-state index contributed by atoms with van der Waals surface area (Å²) in [5, 5.41) is 8.48. The molecule has 0 bridgehead atoms. The third-order valence-corrected chi connectivity index (χ3v) is 2.89. The lowest BCUT2D eigenvalue weighted by molar-refractivity contribution is -0.128. The Morgan fingerprint density at radius 3 is 2.81 bits per heavy atom. The first-order valence-electron chi connectivity index (χ1n) is 5.85. The van der Waals surface area contributed by atoms with Gasteiger partial charge in [0.05, 0.1) is 0 Å². The predicted molar refractivity (Wildman–Crippen MR) is 61.9 cm³/mol. The van der Waals surface area contributed by atoms with E-state index >= 15 is 0 Å². The van der Waals surface area contributed by atoms with Gasteiger partial charge in [-0.05, 0) is 38.8 Å². The van der Waals surface area contributed by atoms with E-state index in [2.05, 4.69) is 16.0 Å². The van der Waals surface area contributed by atoms with Crippen molar-refractivity contribution in [3.05, 3.63) is 0 Å². The maximum Gasteiger partial charge on any atom is 0.242 e. The van der Waals surface area contributed by atoms with Gasteiger partial charge < -0.3 is 16.0 Å². The quantitative estimate of drug-likeness (QED) is 0.613. The van der Waals surface area contributed by atoms with E-state index in [0.717, 1.165) is 25.9 Å². The Hall–Kier alpha value is -1.10. The molecule has 1 rings (SSSR count). The van der Waals surface area contributed by atoms with Crippen molar-refractivity contribution in [1.29, 1.82) is 0 Å². The van der Waals surface area contributed by atoms with Crippen molar-refractivity contribution in [2.24, 2.45) is 5.92 Å². The van der Waals surface area contributed by atoms with Crippen LogP contribution in [0.15, 0.2) is 0 Å². The highest BCUT2D eigenvalue weighted by molar-refractivity contribution is 5.87. The summed E-state index contributed by atoms with van der Waals surface area (Å²) in [6, 6.07) is -0.450. The third kappa shape index (κ3) is 4.18. The van der Waals surface area contributed by atoms with Gasteiger partial charge in [0.2, 0.25) is 11.8 Å². The fourth-order valence-electron chi connectivity index (χ4n) is 1.94. The van der Waals surface area contributed by atoms with Crippen molar-refractivity contribution in [3.63, 3.8) is 0 Å². The van der Waals surface area contributed by atoms with E-state index in [1.807, 2.05) is 0 Å². The van der Waals surface area contributed by atoms with Crippen LogP contribution in [0.5, 0.6) is 0 Å². The highest BCUT2D eigenvalue weighted by Gasteiger charge is 2.19. The molecule has 5 heteroatoms. The number of likely N-dealkylation sites (N-methyl/N-ethyl adjacent to an activating group) is 1. The van der Waals surface area contributed by atoms with Crippen molar-refractivity contribution < 1.29 is 9.59 Å². The largest absolute Gasteiger partial charge is 0.357 e. The van der Waals surface area contributed by atoms with Gasteiger partial charge >= 0.3 is 0 Å². The summed E-state index contributed by atoms with van der Waals surface area (Å²) in [6.45, 7) is 3.64. The second-order valence-electron chi connectivity index (χ2n) is 4.32. The number of rotatable bonds is 4. The molecule has 0 saturated carbocycles. The minimum absolute atomic E-state index is 0.0372. The molecule has 1 fully saturated rings. The molecule has 3 N–H and O–H groups in total. The van der Waals surface area contributed by atoms with Gasteiger partial charge in [0.25, 0.3) is 0 Å². The van der Waals surface area contributed by atoms with Gasteiger partial charge in [-0.2, -0.15) is 0 Å². The summed E-state index contributed by atoms with van der Waals surface area (Å²) < 4.78 is 0. The summed E-state index contributed by atoms with van der Waals surface area (Å²) in [4.78, 5) is 22.8. The van der Waals surface area contributed by atoms with Crippen molar-refractivity contribution in [2.45, 2.75) is 32.2 Å². The molecule has 5 nitrogen and oxygen atoms in total. The van der Waals surface area contributed by atoms with Crippen LogP contribution in [0.3, 0.4) is 0 Å². The van der Waals surface area contributed by atoms with Crippen molar-refractivity contribution >= 4 is 11.8 Å². The van der Waals surface area contributed by atoms with E-state index in [1.165, 1.54) is 0 Å². The Labute approximate surface area is 96.4 Å². The van der Waals surface area contributed by atoms with E-state index in [1.54, 1.807) is 14.0 Å². The van der Waals surface area contributed by atoms with Crippen molar-refractivity contribution in [1.82, 2.24) is 16.0 Å². The highest BCUT2D eigenvalue weighted by Crippen LogP contribution is 2.13. The van der Waals surface area contributed by atoms with E-state index in [9.17, 15) is 9.59 Å². The fourth-order valence-corrected chi connectivity index (χ4v) is 1.94. The Bertz CT molecular complexity index is 250. The van der Waals surface area contributed by atoms with Crippen LogP contribution in [-0.2, 0) is 9.59 Å². The summed E-state index contributed by atoms with van der Waals surface area (Å²) in [6.07, 6.45) is 2.73. The molecular formula is C11H21N3O2. The molecule has 0 aromatic rings. The molecule has 2 atom stereocenters. The molecule has 0 spiro atoms. The molecule has 1 aliphatic heterocycles. The molecule has 16 heavy (non-hydrogen) atoms. The van der Waals surface area contributed by atoms with Gasteiger partial charge in [-0.15, -0.1) is 0 Å². The molecule has 0 aliphatic carbocycles. The summed E-state index contributed by atoms with van der Waals surface area (Å²) in [5.74, 6) is 0.213. The maximum absolute atomic E-state index is 11.6. The molecule has 1 saturated heterocycles. The second-order valence-corrected chi connectivity index (χ2v) is 4.32. The van der Waals surface area contributed by atoms with Crippen LogP contribution >= 0.6 is 0 Å². The fraction of sp³-hybridized carbons (Fsp3) is 0.818. The molecule has 1 heterocycles. The topological polar surface area (TPSA) is 70.2 Å². The molecular weight excluding hydrogens is 206 g/mol. The summed E-state index contributed by atoms with van der Waals surface area (Å²) >= 11 is 0. The van der Waals surface area contributed by atoms with Gasteiger partial charge in [0, 0.05) is 13.5 Å². The number of piperidine rings is 1. The van der Waals surface area contributed by atoms with E-state index in [4.69, 9.17) is 0 Å². The number of hydrogen-bond acceptors (Lipinski definition) is 3. The van der Waals surface area contributed by atoms with Crippen LogP contribution in [0.4, 0.5) is 0 Å². The third-order valence-electron chi connectivity index (χ3n) is 2.89. The average Bonchev–Trinajstić information content (AvgIpc) is 2.29. The lowest BCUT2D eigenvalue weighted by atomic mass is 9.96. The van der Waals surface area contributed by atoms with Crippen LogP contribution in [0.25, 0.3) is 0 Å². The zero-order valence-electron chi connectivity index (χ0n) is 10.0. The number of carbonyl (C=O) groups excluding carboxylic acids is 2. The minimum atomic E-state index is -0.450. The average molecular weight is 227 g/mol. The SMILES string of the molecule is CNC(=O)C(C)NC(=O)CC1CCCNC1. The Kier molecular flexibility index (Phi) is 5.25. The van der Waals surface area contributed by atoms with Crippen molar-refractivity contribution in [3.8, 4) is 0 Å². The zero-order valence-corrected chi connectivity index (χ0v) is 10.0. The van der Waals surface area contributed by atoms with Crippen LogP contribution in [0, 0.1) is 5.92 Å². The standard InChI is InChI=1S/C11H21N3O2/c1-8(11(16)12-2)14-10(15)6-9-4-3-5-13-7-9/h8-9,13H,3-7H2,1-2H3,(H,12,16)(H,14,15). The molecule has 0 radical (unpaired) electrons. The number of carbonyl (C=O) groups is 2. The van der Waals surface area contributed by atoms with Crippen LogP contribution in [0.1, 0.15) is 26.2 Å². The Balaban J connectivity index is 2.26.